The Balaban J connectivity index is 0. The van der Waals surface area contributed by atoms with E-state index in [4.69, 9.17) is 5.11 Å². The zero-order valence-electron chi connectivity index (χ0n) is 6.26. The largest absolute Gasteiger partial charge is 0.475 e. The van der Waals surface area contributed by atoms with Crippen LogP contribution in [0, 0.1) is 5.92 Å². The van der Waals surface area contributed by atoms with Gasteiger partial charge in [0.1, 0.15) is 0 Å². The second kappa shape index (κ2) is 6.13. The first-order chi connectivity index (χ1) is 4.09. The van der Waals surface area contributed by atoms with E-state index in [0.717, 1.165) is 0 Å². The van der Waals surface area contributed by atoms with Gasteiger partial charge < -0.3 is 5.11 Å². The van der Waals surface area contributed by atoms with Crippen molar-refractivity contribution in [1.29, 1.82) is 0 Å². The molecule has 54 valence electrons. The fourth-order valence-electron chi connectivity index (χ4n) is 0.396. The Morgan fingerprint density at radius 2 is 1.90 bits per heavy atom. The van der Waals surface area contributed by atoms with Crippen LogP contribution in [0.25, 0.3) is 0 Å². The summed E-state index contributed by atoms with van der Waals surface area (Å²) in [7, 11) is 0. The summed E-state index contributed by atoms with van der Waals surface area (Å²) in [6, 6.07) is 0. The maximum atomic E-state index is 10.5. The quantitative estimate of drug-likeness (QED) is 0.489. The van der Waals surface area contributed by atoms with Gasteiger partial charge in [-0.25, -0.2) is 4.79 Å². The molecule has 0 bridgehead atoms. The summed E-state index contributed by atoms with van der Waals surface area (Å²) in [6.07, 6.45) is 0.588. The van der Waals surface area contributed by atoms with E-state index in [1.54, 1.807) is 13.8 Å². The number of hydrogen-bond acceptors (Lipinski definition) is 2. The van der Waals surface area contributed by atoms with Gasteiger partial charge in [0, 0.05) is 43.7 Å². The molecule has 0 aromatic heterocycles. The predicted molar refractivity (Wildman–Crippen MR) is 37.9 cm³/mol. The summed E-state index contributed by atoms with van der Waals surface area (Å²) in [5, 5.41) is 8.13. The normalized spacial score (nSPS) is 11.4. The summed E-state index contributed by atoms with van der Waals surface area (Å²) in [5.41, 5.74) is 0. The first kappa shape index (κ1) is 13.0. The van der Waals surface area contributed by atoms with Crippen LogP contribution in [-0.4, -0.2) is 54.6 Å². The number of aliphatic carboxylic acids is 1. The molecule has 0 saturated heterocycles. The zero-order chi connectivity index (χ0) is 7.44. The molecule has 0 aromatic carbocycles. The van der Waals surface area contributed by atoms with E-state index in [2.05, 4.69) is 0 Å². The van der Waals surface area contributed by atoms with Crippen molar-refractivity contribution < 1.29 is 14.7 Å². The third kappa shape index (κ3) is 4.25. The molecule has 0 aliphatic heterocycles. The second-order valence-electron chi connectivity index (χ2n) is 1.98. The molecule has 0 fully saturated rings. The molecule has 0 aliphatic rings. The molecule has 0 amide bonds. The van der Waals surface area contributed by atoms with Crippen molar-refractivity contribution >= 4 is 49.5 Å². The minimum Gasteiger partial charge on any atom is -0.475 e. The maximum Gasteiger partial charge on any atom is 0.372 e. The van der Waals surface area contributed by atoms with Crippen LogP contribution in [0.15, 0.2) is 0 Å². The average Bonchev–Trinajstić information content (AvgIpc) is 1.84. The van der Waals surface area contributed by atoms with E-state index >= 15 is 0 Å². The number of carbonyl (C=O) groups excluding carboxylic acids is 1. The van der Waals surface area contributed by atoms with Crippen molar-refractivity contribution in [1.82, 2.24) is 0 Å². The molecule has 2 radical (unpaired) electrons. The van der Waals surface area contributed by atoms with Gasteiger partial charge in [-0.05, 0) is 6.42 Å². The number of rotatable bonds is 3. The molecule has 1 atom stereocenters. The number of carbonyl (C=O) groups is 2. The van der Waals surface area contributed by atoms with Crippen molar-refractivity contribution in [3.05, 3.63) is 0 Å². The average molecular weight is 170 g/mol. The van der Waals surface area contributed by atoms with Gasteiger partial charge in [-0.1, -0.05) is 13.8 Å². The summed E-state index contributed by atoms with van der Waals surface area (Å²) in [5.74, 6) is -2.37. The Morgan fingerprint density at radius 3 is 2.00 bits per heavy atom. The molecule has 4 heteroatoms. The van der Waals surface area contributed by atoms with Crippen molar-refractivity contribution in [2.75, 3.05) is 0 Å². The maximum absolute atomic E-state index is 10.5. The van der Waals surface area contributed by atoms with Crippen LogP contribution in [0.1, 0.15) is 20.3 Å². The van der Waals surface area contributed by atoms with E-state index < -0.39 is 11.8 Å². The first-order valence-corrected chi connectivity index (χ1v) is 2.86. The summed E-state index contributed by atoms with van der Waals surface area (Å²) in [4.78, 5) is 20.4. The van der Waals surface area contributed by atoms with Gasteiger partial charge >= 0.3 is 5.97 Å². The molecule has 10 heavy (non-hydrogen) atoms. The molecule has 0 aromatic rings. The van der Waals surface area contributed by atoms with Crippen LogP contribution in [0.2, 0.25) is 0 Å². The van der Waals surface area contributed by atoms with Gasteiger partial charge in [0.2, 0.25) is 5.78 Å². The topological polar surface area (TPSA) is 54.4 Å². The summed E-state index contributed by atoms with van der Waals surface area (Å²) >= 11 is 0. The Morgan fingerprint density at radius 1 is 1.50 bits per heavy atom. The van der Waals surface area contributed by atoms with Crippen molar-refractivity contribution in [3.63, 3.8) is 0 Å². The Bertz CT molecular complexity index is 133. The molecule has 0 aliphatic carbocycles. The van der Waals surface area contributed by atoms with Crippen LogP contribution in [0.3, 0.4) is 0 Å². The van der Waals surface area contributed by atoms with E-state index in [-0.39, 0.29) is 43.7 Å². The van der Waals surface area contributed by atoms with Crippen LogP contribution in [-0.2, 0) is 9.59 Å². The summed E-state index contributed by atoms with van der Waals surface area (Å²) in [6.45, 7) is 3.39. The monoisotopic (exact) mass is 170 g/mol. The van der Waals surface area contributed by atoms with Crippen LogP contribution in [0.5, 0.6) is 0 Å². The Labute approximate surface area is 89.8 Å². The molecule has 1 N–H and O–H groups in total. The minimum absolute atomic E-state index is 0. The molecule has 0 unspecified atom stereocenters. The van der Waals surface area contributed by atoms with Crippen LogP contribution < -0.4 is 0 Å². The molecule has 0 saturated carbocycles. The van der Waals surface area contributed by atoms with Gasteiger partial charge in [0.15, 0.2) is 0 Å². The van der Waals surface area contributed by atoms with E-state index in [0.29, 0.717) is 6.42 Å². The predicted octanol–water partition coefficient (Wildman–Crippen LogP) is 0.305. The van der Waals surface area contributed by atoms with E-state index in [1.165, 1.54) is 0 Å². The van der Waals surface area contributed by atoms with Crippen molar-refractivity contribution in [2.24, 2.45) is 5.92 Å². The molecular weight excluding hydrogens is 160 g/mol. The fourth-order valence-corrected chi connectivity index (χ4v) is 0.396. The zero-order valence-corrected chi connectivity index (χ0v) is 8.46. The third-order valence-electron chi connectivity index (χ3n) is 1.27. The first-order valence-electron chi connectivity index (χ1n) is 2.86. The number of ketones is 1. The summed E-state index contributed by atoms with van der Waals surface area (Å²) < 4.78 is 0. The second-order valence-corrected chi connectivity index (χ2v) is 1.98. The SMILES string of the molecule is CC[C@H](C)C(=O)C(=O)O.[Ca]. The smallest absolute Gasteiger partial charge is 0.372 e. The van der Waals surface area contributed by atoms with Gasteiger partial charge in [-0.3, -0.25) is 4.79 Å². The molecule has 3 nitrogen and oxygen atoms in total. The van der Waals surface area contributed by atoms with Crippen molar-refractivity contribution in [2.45, 2.75) is 20.3 Å². The van der Waals surface area contributed by atoms with Crippen LogP contribution in [0.4, 0.5) is 0 Å². The van der Waals surface area contributed by atoms with Gasteiger partial charge in [0.05, 0.1) is 0 Å². The minimum atomic E-state index is -1.33. The molecule has 0 heterocycles. The third-order valence-corrected chi connectivity index (χ3v) is 1.27. The Hall–Kier alpha value is 0.400. The number of Topliss-reactive ketones (excluding diaryl/α,β-unsaturated/α-hetero) is 1. The fraction of sp³-hybridized carbons (Fsp3) is 0.667. The van der Waals surface area contributed by atoms with Gasteiger partial charge in [0.25, 0.3) is 0 Å². The Kier molecular flexibility index (Phi) is 7.99. The standard InChI is InChI=1S/C6H10O3.Ca/c1-3-4(2)5(7)6(8)9;/h4H,3H2,1-2H3,(H,8,9);/t4-;/m0./s1. The van der Waals surface area contributed by atoms with Crippen molar-refractivity contribution in [3.8, 4) is 0 Å². The molecular formula is C6H10CaO3. The molecule has 0 rings (SSSR count). The van der Waals surface area contributed by atoms with Gasteiger partial charge in [-0.15, -0.1) is 0 Å². The van der Waals surface area contributed by atoms with E-state index in [9.17, 15) is 9.59 Å². The number of carboxylic acids is 1. The number of carboxylic acid groups (broad SMARTS) is 1. The number of hydrogen-bond donors (Lipinski definition) is 1. The van der Waals surface area contributed by atoms with Gasteiger partial charge in [-0.2, -0.15) is 0 Å². The van der Waals surface area contributed by atoms with E-state index in [1.807, 2.05) is 0 Å². The molecule has 0 spiro atoms. The van der Waals surface area contributed by atoms with Crippen LogP contribution >= 0.6 is 0 Å².